The van der Waals surface area contributed by atoms with Crippen molar-refractivity contribution in [3.63, 3.8) is 0 Å². The van der Waals surface area contributed by atoms with Crippen molar-refractivity contribution in [1.82, 2.24) is 4.98 Å². The predicted octanol–water partition coefficient (Wildman–Crippen LogP) is 3.90. The quantitative estimate of drug-likeness (QED) is 0.723. The van der Waals surface area contributed by atoms with Gasteiger partial charge in [0.25, 0.3) is 0 Å². The van der Waals surface area contributed by atoms with Crippen LogP contribution < -0.4 is 4.74 Å². The molecule has 2 aromatic carbocycles. The van der Waals surface area contributed by atoms with E-state index in [9.17, 15) is 8.42 Å². The molecule has 0 bridgehead atoms. The molecular formula is C19H17NO3S. The van der Waals surface area contributed by atoms with E-state index in [2.05, 4.69) is 4.98 Å². The molecule has 3 rings (SSSR count). The molecule has 0 saturated heterocycles. The van der Waals surface area contributed by atoms with E-state index in [0.29, 0.717) is 0 Å². The number of nitrogens with zero attached hydrogens (tertiary/aromatic N) is 1. The molecule has 0 atom stereocenters. The molecule has 1 aromatic heterocycles. The minimum absolute atomic E-state index is 0.0236. The van der Waals surface area contributed by atoms with Crippen LogP contribution in [0.1, 0.15) is 5.56 Å². The van der Waals surface area contributed by atoms with E-state index < -0.39 is 9.84 Å². The van der Waals surface area contributed by atoms with Gasteiger partial charge in [-0.25, -0.2) is 13.4 Å². The fraction of sp³-hybridized carbons (Fsp3) is 0.105. The van der Waals surface area contributed by atoms with Gasteiger partial charge in [-0.3, -0.25) is 0 Å². The monoisotopic (exact) mass is 339 g/mol. The van der Waals surface area contributed by atoms with E-state index in [0.717, 1.165) is 16.7 Å². The maximum Gasteiger partial charge on any atom is 0.223 e. The normalized spacial score (nSPS) is 11.2. The van der Waals surface area contributed by atoms with Crippen LogP contribution in [0.5, 0.6) is 5.88 Å². The molecule has 0 N–H and O–H groups in total. The molecule has 24 heavy (non-hydrogen) atoms. The van der Waals surface area contributed by atoms with Gasteiger partial charge in [0.15, 0.2) is 5.03 Å². The second-order valence-electron chi connectivity index (χ2n) is 5.42. The second kappa shape index (κ2) is 6.45. The van der Waals surface area contributed by atoms with Gasteiger partial charge in [0.05, 0.1) is 12.0 Å². The lowest BCUT2D eigenvalue weighted by molar-refractivity contribution is 0.394. The van der Waals surface area contributed by atoms with Crippen LogP contribution in [-0.4, -0.2) is 20.5 Å². The van der Waals surface area contributed by atoms with Crippen molar-refractivity contribution < 1.29 is 13.2 Å². The summed E-state index contributed by atoms with van der Waals surface area (Å²) in [5.74, 6) is 0.266. The maximum atomic E-state index is 12.9. The largest absolute Gasteiger partial charge is 0.481 e. The highest BCUT2D eigenvalue weighted by Gasteiger charge is 2.21. The maximum absolute atomic E-state index is 12.9. The zero-order valence-electron chi connectivity index (χ0n) is 13.4. The number of aromatic nitrogens is 1. The summed E-state index contributed by atoms with van der Waals surface area (Å²) >= 11 is 0. The molecule has 0 unspecified atom stereocenters. The zero-order valence-corrected chi connectivity index (χ0v) is 14.2. The third kappa shape index (κ3) is 3.16. The van der Waals surface area contributed by atoms with E-state index >= 15 is 0 Å². The van der Waals surface area contributed by atoms with Gasteiger partial charge < -0.3 is 4.74 Å². The van der Waals surface area contributed by atoms with Crippen LogP contribution in [0.15, 0.2) is 76.7 Å². The van der Waals surface area contributed by atoms with Crippen molar-refractivity contribution in [2.45, 2.75) is 16.8 Å². The Morgan fingerprint density at radius 1 is 0.875 bits per heavy atom. The third-order valence-electron chi connectivity index (χ3n) is 3.70. The van der Waals surface area contributed by atoms with Gasteiger partial charge in [0.2, 0.25) is 15.7 Å². The fourth-order valence-corrected chi connectivity index (χ4v) is 3.59. The van der Waals surface area contributed by atoms with Crippen molar-refractivity contribution in [1.29, 1.82) is 0 Å². The minimum atomic E-state index is -3.71. The lowest BCUT2D eigenvalue weighted by Crippen LogP contribution is -2.06. The van der Waals surface area contributed by atoms with E-state index in [1.165, 1.54) is 7.11 Å². The second-order valence-corrected chi connectivity index (χ2v) is 7.32. The third-order valence-corrected chi connectivity index (χ3v) is 5.35. The summed E-state index contributed by atoms with van der Waals surface area (Å²) in [6.07, 6.45) is 0. The van der Waals surface area contributed by atoms with Crippen LogP contribution in [0, 0.1) is 6.92 Å². The van der Waals surface area contributed by atoms with E-state index in [1.807, 2.05) is 37.3 Å². The van der Waals surface area contributed by atoms with Gasteiger partial charge in [0, 0.05) is 6.07 Å². The number of aryl methyl sites for hydroxylation is 1. The number of methoxy groups -OCH3 is 1. The van der Waals surface area contributed by atoms with Crippen LogP contribution in [0.2, 0.25) is 0 Å². The van der Waals surface area contributed by atoms with Crippen LogP contribution in [0.4, 0.5) is 0 Å². The van der Waals surface area contributed by atoms with E-state index in [-0.39, 0.29) is 15.8 Å². The Morgan fingerprint density at radius 3 is 2.17 bits per heavy atom. The number of rotatable bonds is 4. The fourth-order valence-electron chi connectivity index (χ4n) is 2.36. The van der Waals surface area contributed by atoms with Crippen molar-refractivity contribution in [3.05, 3.63) is 72.3 Å². The first-order valence-corrected chi connectivity index (χ1v) is 8.92. The standard InChI is InChI=1S/C19H17NO3S/c1-14-8-10-17(11-9-14)24(21,22)19-13-16(12-18(20-19)23-2)15-6-4-3-5-7-15/h3-13H,1-2H3. The molecule has 122 valence electrons. The summed E-state index contributed by atoms with van der Waals surface area (Å²) in [6, 6.07) is 19.6. The van der Waals surface area contributed by atoms with E-state index in [4.69, 9.17) is 4.74 Å². The van der Waals surface area contributed by atoms with Gasteiger partial charge >= 0.3 is 0 Å². The average Bonchev–Trinajstić information content (AvgIpc) is 2.62. The molecule has 0 aliphatic carbocycles. The van der Waals surface area contributed by atoms with E-state index in [1.54, 1.807) is 36.4 Å². The van der Waals surface area contributed by atoms with Gasteiger partial charge in [-0.1, -0.05) is 48.0 Å². The Balaban J connectivity index is 2.15. The minimum Gasteiger partial charge on any atom is -0.481 e. The predicted molar refractivity (Wildman–Crippen MR) is 92.9 cm³/mol. The highest BCUT2D eigenvalue weighted by molar-refractivity contribution is 7.91. The molecule has 0 saturated carbocycles. The number of sulfone groups is 1. The molecule has 0 spiro atoms. The van der Waals surface area contributed by atoms with Gasteiger partial charge in [-0.2, -0.15) is 0 Å². The molecule has 0 aliphatic rings. The van der Waals surface area contributed by atoms with Crippen molar-refractivity contribution in [3.8, 4) is 17.0 Å². The van der Waals surface area contributed by atoms with Gasteiger partial charge in [-0.15, -0.1) is 0 Å². The molecular weight excluding hydrogens is 322 g/mol. The Kier molecular flexibility index (Phi) is 4.36. The van der Waals surface area contributed by atoms with Crippen LogP contribution >= 0.6 is 0 Å². The first-order valence-electron chi connectivity index (χ1n) is 7.44. The summed E-state index contributed by atoms with van der Waals surface area (Å²) in [5.41, 5.74) is 2.64. The van der Waals surface area contributed by atoms with Crippen molar-refractivity contribution in [2.75, 3.05) is 7.11 Å². The molecule has 3 aromatic rings. The lowest BCUT2D eigenvalue weighted by Gasteiger charge is -2.09. The average molecular weight is 339 g/mol. The lowest BCUT2D eigenvalue weighted by atomic mass is 10.1. The summed E-state index contributed by atoms with van der Waals surface area (Å²) < 4.78 is 30.9. The summed E-state index contributed by atoms with van der Waals surface area (Å²) in [6.45, 7) is 1.91. The topological polar surface area (TPSA) is 56.3 Å². The first-order chi connectivity index (χ1) is 11.5. The molecule has 1 heterocycles. The Morgan fingerprint density at radius 2 is 1.54 bits per heavy atom. The molecule has 5 heteroatoms. The SMILES string of the molecule is COc1cc(-c2ccccc2)cc(S(=O)(=O)c2ccc(C)cc2)n1. The molecule has 0 fully saturated rings. The van der Waals surface area contributed by atoms with Crippen molar-refractivity contribution >= 4 is 9.84 Å². The smallest absolute Gasteiger partial charge is 0.223 e. The number of pyridine rings is 1. The Hall–Kier alpha value is -2.66. The zero-order chi connectivity index (χ0) is 17.2. The molecule has 0 radical (unpaired) electrons. The van der Waals surface area contributed by atoms with Crippen molar-refractivity contribution in [2.24, 2.45) is 0 Å². The first kappa shape index (κ1) is 16.2. The number of ether oxygens (including phenoxy) is 1. The van der Waals surface area contributed by atoms with Crippen LogP contribution in [0.25, 0.3) is 11.1 Å². The summed E-state index contributed by atoms with van der Waals surface area (Å²) in [4.78, 5) is 4.35. The summed E-state index contributed by atoms with van der Waals surface area (Å²) in [7, 11) is -2.24. The number of benzene rings is 2. The molecule has 0 amide bonds. The highest BCUT2D eigenvalue weighted by atomic mass is 32.2. The summed E-state index contributed by atoms with van der Waals surface area (Å²) in [5, 5.41) is -0.0236. The number of hydrogen-bond acceptors (Lipinski definition) is 4. The Bertz CT molecular complexity index is 950. The molecule has 0 aliphatic heterocycles. The van der Waals surface area contributed by atoms with Crippen LogP contribution in [0.3, 0.4) is 0 Å². The molecule has 4 nitrogen and oxygen atoms in total. The number of hydrogen-bond donors (Lipinski definition) is 0. The Labute approximate surface area is 141 Å². The van der Waals surface area contributed by atoms with Crippen LogP contribution in [-0.2, 0) is 9.84 Å². The van der Waals surface area contributed by atoms with Gasteiger partial charge in [0.1, 0.15) is 0 Å². The highest BCUT2D eigenvalue weighted by Crippen LogP contribution is 2.28. The van der Waals surface area contributed by atoms with Gasteiger partial charge in [-0.05, 0) is 36.2 Å².